The number of cyclic esters (lactones) is 1. The number of hydrogen-bond acceptors (Lipinski definition) is 5. The third-order valence-corrected chi connectivity index (χ3v) is 4.75. The van der Waals surface area contributed by atoms with E-state index in [1.807, 2.05) is 0 Å². The quantitative estimate of drug-likeness (QED) is 0.828. The lowest BCUT2D eigenvalue weighted by Gasteiger charge is -2.38. The van der Waals surface area contributed by atoms with Gasteiger partial charge in [-0.1, -0.05) is 6.07 Å². The molecule has 0 spiro atoms. The van der Waals surface area contributed by atoms with Crippen LogP contribution in [0.2, 0.25) is 0 Å². The number of anilines is 1. The Morgan fingerprint density at radius 3 is 2.59 bits per heavy atom. The highest BCUT2D eigenvalue weighted by Crippen LogP contribution is 2.24. The van der Waals surface area contributed by atoms with Crippen molar-refractivity contribution in [2.45, 2.75) is 39.4 Å². The van der Waals surface area contributed by atoms with Gasteiger partial charge in [0.15, 0.2) is 0 Å². The first kappa shape index (κ1) is 20.9. The molecule has 1 aromatic carbocycles. The van der Waals surface area contributed by atoms with E-state index in [1.54, 1.807) is 39.8 Å². The van der Waals surface area contributed by atoms with Crippen LogP contribution in [-0.2, 0) is 14.3 Å². The summed E-state index contributed by atoms with van der Waals surface area (Å²) in [4.78, 5) is 39.0. The molecule has 2 aliphatic heterocycles. The Labute approximate surface area is 168 Å². The Hall–Kier alpha value is -2.84. The number of halogens is 1. The minimum Gasteiger partial charge on any atom is -0.444 e. The maximum Gasteiger partial charge on any atom is 0.414 e. The summed E-state index contributed by atoms with van der Waals surface area (Å²) >= 11 is 0. The number of likely N-dealkylation sites (tertiary alicyclic amines) is 1. The number of nitrogens with one attached hydrogen (secondary N) is 1. The van der Waals surface area contributed by atoms with Crippen molar-refractivity contribution in [3.8, 4) is 0 Å². The molecule has 29 heavy (non-hydrogen) atoms. The van der Waals surface area contributed by atoms with E-state index in [9.17, 15) is 18.8 Å². The van der Waals surface area contributed by atoms with Gasteiger partial charge in [-0.25, -0.2) is 14.0 Å². The monoisotopic (exact) mass is 407 g/mol. The number of aryl methyl sites for hydroxylation is 1. The minimum absolute atomic E-state index is 0.151. The topological polar surface area (TPSA) is 88.2 Å². The molecule has 0 saturated carbocycles. The second kappa shape index (κ2) is 7.88. The summed E-state index contributed by atoms with van der Waals surface area (Å²) in [5, 5.41) is 2.75. The molecule has 1 aromatic rings. The summed E-state index contributed by atoms with van der Waals surface area (Å²) in [6, 6.07) is 4.54. The first-order valence-electron chi connectivity index (χ1n) is 9.53. The fourth-order valence-electron chi connectivity index (χ4n) is 3.07. The van der Waals surface area contributed by atoms with Crippen molar-refractivity contribution in [2.75, 3.05) is 31.1 Å². The zero-order valence-corrected chi connectivity index (χ0v) is 17.0. The van der Waals surface area contributed by atoms with Crippen molar-refractivity contribution in [3.63, 3.8) is 0 Å². The maximum absolute atomic E-state index is 13.8. The molecule has 0 aliphatic carbocycles. The zero-order chi connectivity index (χ0) is 21.3. The van der Waals surface area contributed by atoms with Crippen molar-refractivity contribution in [1.29, 1.82) is 0 Å². The first-order chi connectivity index (χ1) is 13.5. The van der Waals surface area contributed by atoms with E-state index >= 15 is 0 Å². The van der Waals surface area contributed by atoms with Gasteiger partial charge in [0, 0.05) is 13.1 Å². The van der Waals surface area contributed by atoms with Gasteiger partial charge in [0.05, 0.1) is 24.7 Å². The molecule has 2 aliphatic rings. The van der Waals surface area contributed by atoms with Crippen LogP contribution in [0.1, 0.15) is 26.3 Å². The molecule has 2 saturated heterocycles. The number of benzene rings is 1. The van der Waals surface area contributed by atoms with Gasteiger partial charge in [-0.05, 0) is 45.4 Å². The molecular formula is C20H26FN3O5. The molecule has 8 nitrogen and oxygen atoms in total. The van der Waals surface area contributed by atoms with Crippen LogP contribution < -0.4 is 10.2 Å². The molecule has 3 amide bonds. The summed E-state index contributed by atoms with van der Waals surface area (Å²) in [6.07, 6.45) is -1.54. The number of nitrogens with zero attached hydrogens (tertiary/aromatic N) is 2. The third-order valence-electron chi connectivity index (χ3n) is 4.75. The molecule has 2 heterocycles. The maximum atomic E-state index is 13.8. The predicted octanol–water partition coefficient (Wildman–Crippen LogP) is 2.44. The third kappa shape index (κ3) is 4.96. The summed E-state index contributed by atoms with van der Waals surface area (Å²) in [6.45, 7) is 7.95. The van der Waals surface area contributed by atoms with Crippen LogP contribution in [0.3, 0.4) is 0 Å². The zero-order valence-electron chi connectivity index (χ0n) is 17.0. The number of ether oxygens (including phenoxy) is 2. The van der Waals surface area contributed by atoms with Crippen molar-refractivity contribution >= 4 is 23.8 Å². The van der Waals surface area contributed by atoms with Crippen molar-refractivity contribution in [2.24, 2.45) is 5.92 Å². The summed E-state index contributed by atoms with van der Waals surface area (Å²) < 4.78 is 24.3. The SMILES string of the molecule is Cc1ccc(N2C[C@@H](CNC(=O)C3CN(C(=O)OC(C)(C)C)C3)OC2=O)cc1F. The number of amides is 3. The first-order valence-corrected chi connectivity index (χ1v) is 9.53. The minimum atomic E-state index is -0.580. The van der Waals surface area contributed by atoms with E-state index in [-0.39, 0.29) is 24.9 Å². The molecule has 0 radical (unpaired) electrons. The molecule has 1 atom stereocenters. The van der Waals surface area contributed by atoms with Gasteiger partial charge in [-0.2, -0.15) is 0 Å². The molecule has 0 unspecified atom stereocenters. The molecule has 0 aromatic heterocycles. The van der Waals surface area contributed by atoms with Gasteiger partial charge in [0.1, 0.15) is 17.5 Å². The van der Waals surface area contributed by atoms with Crippen LogP contribution in [0.4, 0.5) is 19.7 Å². The van der Waals surface area contributed by atoms with Gasteiger partial charge in [-0.15, -0.1) is 0 Å². The van der Waals surface area contributed by atoms with Crippen molar-refractivity contribution < 1.29 is 28.2 Å². The Morgan fingerprint density at radius 1 is 1.28 bits per heavy atom. The number of rotatable bonds is 4. The Kier molecular flexibility index (Phi) is 5.68. The Bertz CT molecular complexity index is 817. The molecule has 3 rings (SSSR count). The lowest BCUT2D eigenvalue weighted by atomic mass is 10.00. The average molecular weight is 407 g/mol. The average Bonchev–Trinajstić information content (AvgIpc) is 2.93. The summed E-state index contributed by atoms with van der Waals surface area (Å²) in [5.41, 5.74) is 0.327. The fraction of sp³-hybridized carbons (Fsp3) is 0.550. The number of hydrogen-bond donors (Lipinski definition) is 1. The van der Waals surface area contributed by atoms with E-state index in [2.05, 4.69) is 5.32 Å². The largest absolute Gasteiger partial charge is 0.444 e. The lowest BCUT2D eigenvalue weighted by Crippen LogP contribution is -2.57. The second-order valence-corrected chi connectivity index (χ2v) is 8.38. The predicted molar refractivity (Wildman–Crippen MR) is 103 cm³/mol. The fourth-order valence-corrected chi connectivity index (χ4v) is 3.07. The van der Waals surface area contributed by atoms with Crippen LogP contribution in [0.15, 0.2) is 18.2 Å². The van der Waals surface area contributed by atoms with E-state index in [4.69, 9.17) is 9.47 Å². The van der Waals surface area contributed by atoms with E-state index < -0.39 is 29.7 Å². The summed E-state index contributed by atoms with van der Waals surface area (Å²) in [7, 11) is 0. The van der Waals surface area contributed by atoms with Crippen molar-refractivity contribution in [1.82, 2.24) is 10.2 Å². The Morgan fingerprint density at radius 2 is 1.97 bits per heavy atom. The molecule has 2 fully saturated rings. The normalized spacial score (nSPS) is 19.6. The Balaban J connectivity index is 1.44. The number of carbonyl (C=O) groups is 3. The highest BCUT2D eigenvalue weighted by molar-refractivity contribution is 5.90. The van der Waals surface area contributed by atoms with E-state index in [1.165, 1.54) is 15.9 Å². The number of carbonyl (C=O) groups excluding carboxylic acids is 3. The molecule has 158 valence electrons. The van der Waals surface area contributed by atoms with Crippen molar-refractivity contribution in [3.05, 3.63) is 29.6 Å². The lowest BCUT2D eigenvalue weighted by molar-refractivity contribution is -0.130. The van der Waals surface area contributed by atoms with Gasteiger partial charge in [0.25, 0.3) is 0 Å². The van der Waals surface area contributed by atoms with E-state index in [0.717, 1.165) is 0 Å². The highest BCUT2D eigenvalue weighted by Gasteiger charge is 2.39. The molecule has 0 bridgehead atoms. The summed E-state index contributed by atoms with van der Waals surface area (Å²) in [5.74, 6) is -0.922. The van der Waals surface area contributed by atoms with Gasteiger partial charge in [-0.3, -0.25) is 9.69 Å². The van der Waals surface area contributed by atoms with Gasteiger partial charge < -0.3 is 19.7 Å². The smallest absolute Gasteiger partial charge is 0.414 e. The van der Waals surface area contributed by atoms with Crippen LogP contribution in [0.25, 0.3) is 0 Å². The second-order valence-electron chi connectivity index (χ2n) is 8.38. The molecule has 9 heteroatoms. The van der Waals surface area contributed by atoms with E-state index in [0.29, 0.717) is 24.3 Å². The van der Waals surface area contributed by atoms with Crippen LogP contribution in [0.5, 0.6) is 0 Å². The van der Waals surface area contributed by atoms with Gasteiger partial charge >= 0.3 is 12.2 Å². The van der Waals surface area contributed by atoms with Crippen LogP contribution in [-0.4, -0.2) is 60.9 Å². The highest BCUT2D eigenvalue weighted by atomic mass is 19.1. The standard InChI is InChI=1S/C20H26FN3O5/c1-12-5-6-14(7-16(12)21)24-11-15(28-19(24)27)8-22-17(25)13-9-23(10-13)18(26)29-20(2,3)4/h5-7,13,15H,8-11H2,1-4H3,(H,22,25)/t15-/m1/s1. The molecular weight excluding hydrogens is 381 g/mol. The van der Waals surface area contributed by atoms with Crippen LogP contribution >= 0.6 is 0 Å². The molecule has 1 N–H and O–H groups in total. The van der Waals surface area contributed by atoms with Gasteiger partial charge in [0.2, 0.25) is 5.91 Å². The van der Waals surface area contributed by atoms with Crippen LogP contribution in [0, 0.1) is 18.7 Å².